The first-order chi connectivity index (χ1) is 12.7. The highest BCUT2D eigenvalue weighted by molar-refractivity contribution is 9.10. The Morgan fingerprint density at radius 2 is 1.96 bits per heavy atom. The third-order valence-electron chi connectivity index (χ3n) is 5.87. The molecule has 1 aromatic heterocycles. The van der Waals surface area contributed by atoms with E-state index in [0.29, 0.717) is 12.2 Å². The third-order valence-corrected chi connectivity index (χ3v) is 6.37. The van der Waals surface area contributed by atoms with Gasteiger partial charge >= 0.3 is 0 Å². The molecule has 0 radical (unpaired) electrons. The fourth-order valence-corrected chi connectivity index (χ4v) is 4.78. The molecule has 26 heavy (non-hydrogen) atoms. The van der Waals surface area contributed by atoms with Gasteiger partial charge in [0.1, 0.15) is 5.69 Å². The van der Waals surface area contributed by atoms with Gasteiger partial charge in [-0.3, -0.25) is 9.69 Å². The molecule has 1 aromatic carbocycles. The Morgan fingerprint density at radius 3 is 2.73 bits per heavy atom. The van der Waals surface area contributed by atoms with Crippen LogP contribution in [0.15, 0.2) is 28.7 Å². The molecule has 2 N–H and O–H groups in total. The van der Waals surface area contributed by atoms with Crippen LogP contribution in [-0.4, -0.2) is 54.2 Å². The molecule has 0 unspecified atom stereocenters. The van der Waals surface area contributed by atoms with E-state index in [0.717, 1.165) is 54.5 Å². The minimum absolute atomic E-state index is 0.0180. The summed E-state index contributed by atoms with van der Waals surface area (Å²) in [5.74, 6) is -0.0180. The van der Waals surface area contributed by atoms with E-state index in [2.05, 4.69) is 31.1 Å². The van der Waals surface area contributed by atoms with Crippen LogP contribution in [0, 0.1) is 0 Å². The lowest BCUT2D eigenvalue weighted by Gasteiger charge is -2.48. The fourth-order valence-electron chi connectivity index (χ4n) is 4.41. The summed E-state index contributed by atoms with van der Waals surface area (Å²) in [6.07, 6.45) is 6.11. The number of aromatic nitrogens is 1. The molecule has 1 aliphatic carbocycles. The number of halogens is 1. The van der Waals surface area contributed by atoms with Crippen molar-refractivity contribution in [3.8, 4) is 0 Å². The number of H-pyrrole nitrogens is 1. The monoisotopic (exact) mass is 419 g/mol. The largest absolute Gasteiger partial charge is 0.379 e. The Labute approximate surface area is 162 Å². The van der Waals surface area contributed by atoms with Gasteiger partial charge in [-0.25, -0.2) is 0 Å². The summed E-state index contributed by atoms with van der Waals surface area (Å²) < 4.78 is 6.54. The third kappa shape index (κ3) is 3.68. The van der Waals surface area contributed by atoms with Crippen molar-refractivity contribution in [2.75, 3.05) is 32.8 Å². The van der Waals surface area contributed by atoms with Crippen LogP contribution in [0.25, 0.3) is 10.9 Å². The number of hydrogen-bond acceptors (Lipinski definition) is 3. The maximum Gasteiger partial charge on any atom is 0.267 e. The minimum atomic E-state index is -0.0180. The van der Waals surface area contributed by atoms with Gasteiger partial charge in [0.2, 0.25) is 0 Å². The molecule has 5 nitrogen and oxygen atoms in total. The first kappa shape index (κ1) is 18.0. The molecule has 1 aliphatic heterocycles. The van der Waals surface area contributed by atoms with Crippen molar-refractivity contribution in [1.82, 2.24) is 15.2 Å². The topological polar surface area (TPSA) is 57.4 Å². The van der Waals surface area contributed by atoms with Crippen molar-refractivity contribution in [3.05, 3.63) is 34.4 Å². The molecule has 2 aromatic rings. The van der Waals surface area contributed by atoms with Gasteiger partial charge in [0, 0.05) is 40.5 Å². The fraction of sp³-hybridized carbons (Fsp3) is 0.550. The number of nitrogens with zero attached hydrogens (tertiary/aromatic N) is 1. The van der Waals surface area contributed by atoms with Crippen molar-refractivity contribution in [2.24, 2.45) is 0 Å². The Balaban J connectivity index is 1.48. The Kier molecular flexibility index (Phi) is 5.34. The lowest BCUT2D eigenvalue weighted by Crippen LogP contribution is -2.59. The number of benzene rings is 1. The number of nitrogens with one attached hydrogen (secondary N) is 2. The second-order valence-corrected chi connectivity index (χ2v) is 8.40. The van der Waals surface area contributed by atoms with E-state index in [-0.39, 0.29) is 11.4 Å². The van der Waals surface area contributed by atoms with E-state index in [1.165, 1.54) is 19.3 Å². The van der Waals surface area contributed by atoms with Crippen molar-refractivity contribution in [3.63, 3.8) is 0 Å². The number of fused-ring (bicyclic) bond motifs is 1. The quantitative estimate of drug-likeness (QED) is 0.793. The highest BCUT2D eigenvalue weighted by Gasteiger charge is 2.38. The average molecular weight is 420 g/mol. The number of hydrogen-bond donors (Lipinski definition) is 2. The number of carbonyl (C=O) groups excluding carboxylic acids is 1. The van der Waals surface area contributed by atoms with Crippen LogP contribution in [0.5, 0.6) is 0 Å². The molecule has 2 aliphatic rings. The highest BCUT2D eigenvalue weighted by Crippen LogP contribution is 2.34. The van der Waals surface area contributed by atoms with Crippen molar-refractivity contribution in [1.29, 1.82) is 0 Å². The van der Waals surface area contributed by atoms with Gasteiger partial charge in [-0.05, 0) is 31.0 Å². The zero-order valence-electron chi connectivity index (χ0n) is 15.0. The van der Waals surface area contributed by atoms with E-state index < -0.39 is 0 Å². The summed E-state index contributed by atoms with van der Waals surface area (Å²) in [4.78, 5) is 18.6. The van der Waals surface area contributed by atoms with Gasteiger partial charge in [0.15, 0.2) is 0 Å². The zero-order chi connectivity index (χ0) is 18.0. The van der Waals surface area contributed by atoms with E-state index >= 15 is 0 Å². The molecular weight excluding hydrogens is 394 g/mol. The zero-order valence-corrected chi connectivity index (χ0v) is 16.6. The summed E-state index contributed by atoms with van der Waals surface area (Å²) in [6.45, 7) is 4.25. The van der Waals surface area contributed by atoms with Crippen LogP contribution < -0.4 is 5.32 Å². The van der Waals surface area contributed by atoms with Crippen molar-refractivity contribution >= 4 is 32.7 Å². The Bertz CT molecular complexity index is 776. The van der Waals surface area contributed by atoms with E-state index in [1.807, 2.05) is 24.3 Å². The number of carbonyl (C=O) groups is 1. The second kappa shape index (κ2) is 7.71. The molecule has 4 rings (SSSR count). The molecule has 1 amide bonds. The number of amides is 1. The molecular formula is C20H26BrN3O2. The van der Waals surface area contributed by atoms with Crippen LogP contribution in [0.2, 0.25) is 0 Å². The molecule has 1 saturated carbocycles. The summed E-state index contributed by atoms with van der Waals surface area (Å²) in [5.41, 5.74) is 1.70. The van der Waals surface area contributed by atoms with E-state index in [1.54, 1.807) is 0 Å². The van der Waals surface area contributed by atoms with Gasteiger partial charge in [-0.2, -0.15) is 0 Å². The normalized spacial score (nSPS) is 21.0. The second-order valence-electron chi connectivity index (χ2n) is 7.48. The van der Waals surface area contributed by atoms with Gasteiger partial charge in [0.05, 0.1) is 13.2 Å². The summed E-state index contributed by atoms with van der Waals surface area (Å²) in [5, 5.41) is 4.27. The summed E-state index contributed by atoms with van der Waals surface area (Å²) >= 11 is 3.48. The molecule has 140 valence electrons. The van der Waals surface area contributed by atoms with Crippen LogP contribution in [0.1, 0.15) is 42.6 Å². The van der Waals surface area contributed by atoms with Crippen LogP contribution in [-0.2, 0) is 4.74 Å². The van der Waals surface area contributed by atoms with Gasteiger partial charge < -0.3 is 15.0 Å². The lowest BCUT2D eigenvalue weighted by molar-refractivity contribution is -0.0361. The Morgan fingerprint density at radius 1 is 1.19 bits per heavy atom. The standard InChI is InChI=1S/C20H26BrN3O2/c21-16-5-4-15-12-18(23-17(15)13-16)19(25)22-14-20(6-2-1-3-7-20)24-8-10-26-11-9-24/h4-5,12-13,23H,1-3,6-11,14H2,(H,22,25). The van der Waals surface area contributed by atoms with E-state index in [4.69, 9.17) is 4.74 Å². The number of aromatic amines is 1. The molecule has 0 bridgehead atoms. The molecule has 1 saturated heterocycles. The molecule has 0 atom stereocenters. The maximum absolute atomic E-state index is 12.8. The van der Waals surface area contributed by atoms with Crippen LogP contribution >= 0.6 is 15.9 Å². The number of rotatable bonds is 4. The first-order valence-corrected chi connectivity index (χ1v) is 10.3. The van der Waals surface area contributed by atoms with Gasteiger partial charge in [-0.15, -0.1) is 0 Å². The predicted molar refractivity (Wildman–Crippen MR) is 107 cm³/mol. The summed E-state index contributed by atoms with van der Waals surface area (Å²) in [7, 11) is 0. The molecule has 2 heterocycles. The van der Waals surface area contributed by atoms with Gasteiger partial charge in [-0.1, -0.05) is 41.3 Å². The van der Waals surface area contributed by atoms with Crippen LogP contribution in [0.3, 0.4) is 0 Å². The van der Waals surface area contributed by atoms with Crippen molar-refractivity contribution < 1.29 is 9.53 Å². The first-order valence-electron chi connectivity index (χ1n) is 9.56. The van der Waals surface area contributed by atoms with E-state index in [9.17, 15) is 4.79 Å². The lowest BCUT2D eigenvalue weighted by atomic mass is 9.79. The SMILES string of the molecule is O=C(NCC1(N2CCOCC2)CCCCC1)c1cc2ccc(Br)cc2[nH]1. The predicted octanol–water partition coefficient (Wildman–Crippen LogP) is 3.70. The molecule has 6 heteroatoms. The van der Waals surface area contributed by atoms with Crippen molar-refractivity contribution in [2.45, 2.75) is 37.6 Å². The van der Waals surface area contributed by atoms with Crippen LogP contribution in [0.4, 0.5) is 0 Å². The molecule has 2 fully saturated rings. The highest BCUT2D eigenvalue weighted by atomic mass is 79.9. The smallest absolute Gasteiger partial charge is 0.267 e. The Hall–Kier alpha value is -1.37. The molecule has 0 spiro atoms. The number of morpholine rings is 1. The maximum atomic E-state index is 12.8. The average Bonchev–Trinajstić information content (AvgIpc) is 3.11. The van der Waals surface area contributed by atoms with Gasteiger partial charge in [0.25, 0.3) is 5.91 Å². The number of ether oxygens (including phenoxy) is 1. The minimum Gasteiger partial charge on any atom is -0.379 e. The summed E-state index contributed by atoms with van der Waals surface area (Å²) in [6, 6.07) is 7.94.